The van der Waals surface area contributed by atoms with Crippen molar-refractivity contribution in [1.82, 2.24) is 4.90 Å². The summed E-state index contributed by atoms with van der Waals surface area (Å²) in [6.07, 6.45) is 6.12. The van der Waals surface area contributed by atoms with Crippen LogP contribution >= 0.6 is 0 Å². The third-order valence-corrected chi connectivity index (χ3v) is 5.38. The van der Waals surface area contributed by atoms with E-state index in [0.717, 1.165) is 31.0 Å². The quantitative estimate of drug-likeness (QED) is 0.862. The van der Waals surface area contributed by atoms with Gasteiger partial charge in [-0.15, -0.1) is 0 Å². The number of likely N-dealkylation sites (tertiary alicyclic amines) is 1. The molecule has 1 saturated heterocycles. The van der Waals surface area contributed by atoms with E-state index in [1.807, 2.05) is 0 Å². The highest BCUT2D eigenvalue weighted by Crippen LogP contribution is 2.40. The van der Waals surface area contributed by atoms with Crippen LogP contribution in [0.5, 0.6) is 0 Å². The number of furan rings is 1. The van der Waals surface area contributed by atoms with Crippen molar-refractivity contribution in [2.24, 2.45) is 11.1 Å². The zero-order chi connectivity index (χ0) is 14.6. The monoisotopic (exact) mass is 278 g/mol. The lowest BCUT2D eigenvalue weighted by molar-refractivity contribution is 0.0608. The minimum absolute atomic E-state index is 0.252. The van der Waals surface area contributed by atoms with E-state index in [9.17, 15) is 0 Å². The number of rotatable bonds is 6. The van der Waals surface area contributed by atoms with Gasteiger partial charge in [0, 0.05) is 13.0 Å². The molecule has 1 atom stereocenters. The van der Waals surface area contributed by atoms with Crippen LogP contribution in [-0.4, -0.2) is 24.5 Å². The van der Waals surface area contributed by atoms with Gasteiger partial charge in [-0.1, -0.05) is 33.6 Å². The van der Waals surface area contributed by atoms with Gasteiger partial charge in [-0.3, -0.25) is 4.90 Å². The van der Waals surface area contributed by atoms with Crippen molar-refractivity contribution < 1.29 is 4.42 Å². The minimum Gasteiger partial charge on any atom is -0.464 e. The molecule has 1 fully saturated rings. The Morgan fingerprint density at radius 2 is 1.85 bits per heavy atom. The van der Waals surface area contributed by atoms with E-state index in [-0.39, 0.29) is 6.04 Å². The average molecular weight is 278 g/mol. The summed E-state index contributed by atoms with van der Waals surface area (Å²) in [5, 5.41) is 0. The molecule has 1 aromatic heterocycles. The fraction of sp³-hybridized carbons (Fsp3) is 0.765. The molecular formula is C17H30N2O. The number of hydrogen-bond donors (Lipinski definition) is 1. The molecule has 2 heterocycles. The Kier molecular flexibility index (Phi) is 5.28. The van der Waals surface area contributed by atoms with Gasteiger partial charge in [-0.05, 0) is 43.5 Å². The number of piperidine rings is 1. The van der Waals surface area contributed by atoms with Crippen LogP contribution in [0.3, 0.4) is 0 Å². The third kappa shape index (κ3) is 3.09. The van der Waals surface area contributed by atoms with Crippen LogP contribution in [0.15, 0.2) is 16.5 Å². The van der Waals surface area contributed by atoms with Gasteiger partial charge in [-0.25, -0.2) is 0 Å². The molecule has 3 nitrogen and oxygen atoms in total. The van der Waals surface area contributed by atoms with Gasteiger partial charge in [0.25, 0.3) is 0 Å². The first-order chi connectivity index (χ1) is 9.68. The third-order valence-electron chi connectivity index (χ3n) is 5.38. The Bertz CT molecular complexity index is 399. The number of nitrogens with two attached hydrogens (primary N) is 1. The van der Waals surface area contributed by atoms with Crippen molar-refractivity contribution in [3.8, 4) is 0 Å². The van der Waals surface area contributed by atoms with E-state index in [1.54, 1.807) is 0 Å². The number of nitrogens with zero attached hydrogens (tertiary/aromatic N) is 1. The second-order valence-corrected chi connectivity index (χ2v) is 6.15. The normalized spacial score (nSPS) is 21.0. The molecule has 20 heavy (non-hydrogen) atoms. The van der Waals surface area contributed by atoms with Crippen molar-refractivity contribution >= 4 is 0 Å². The summed E-state index contributed by atoms with van der Waals surface area (Å²) >= 11 is 0. The summed E-state index contributed by atoms with van der Waals surface area (Å²) in [5.41, 5.74) is 6.58. The molecule has 1 unspecified atom stereocenters. The number of hydrogen-bond acceptors (Lipinski definition) is 3. The Morgan fingerprint density at radius 3 is 2.30 bits per heavy atom. The van der Waals surface area contributed by atoms with Gasteiger partial charge in [0.2, 0.25) is 0 Å². The molecule has 0 bridgehead atoms. The molecule has 2 rings (SSSR count). The molecule has 0 spiro atoms. The maximum atomic E-state index is 6.02. The second kappa shape index (κ2) is 6.77. The van der Waals surface area contributed by atoms with Crippen molar-refractivity contribution in [3.05, 3.63) is 23.7 Å². The molecule has 0 amide bonds. The molecule has 0 radical (unpaired) electrons. The fourth-order valence-electron chi connectivity index (χ4n) is 3.48. The van der Waals surface area contributed by atoms with Gasteiger partial charge in [0.05, 0.1) is 6.04 Å². The summed E-state index contributed by atoms with van der Waals surface area (Å²) in [6.45, 7) is 9.72. The first-order valence-corrected chi connectivity index (χ1v) is 8.20. The van der Waals surface area contributed by atoms with E-state index in [2.05, 4.69) is 37.8 Å². The molecule has 0 aromatic carbocycles. The zero-order valence-electron chi connectivity index (χ0n) is 13.3. The van der Waals surface area contributed by atoms with Crippen LogP contribution in [0, 0.1) is 5.41 Å². The van der Waals surface area contributed by atoms with Crippen LogP contribution in [-0.2, 0) is 6.42 Å². The summed E-state index contributed by atoms with van der Waals surface area (Å²) in [6, 6.07) is 4.45. The molecule has 3 heteroatoms. The second-order valence-electron chi connectivity index (χ2n) is 6.15. The van der Waals surface area contributed by atoms with Crippen molar-refractivity contribution in [3.63, 3.8) is 0 Å². The maximum absolute atomic E-state index is 6.02. The Hall–Kier alpha value is -0.800. The predicted molar refractivity (Wildman–Crippen MR) is 83.7 cm³/mol. The van der Waals surface area contributed by atoms with Gasteiger partial charge < -0.3 is 10.2 Å². The van der Waals surface area contributed by atoms with Crippen LogP contribution in [0.25, 0.3) is 0 Å². The Balaban J connectivity index is 2.03. The molecule has 1 aromatic rings. The highest BCUT2D eigenvalue weighted by molar-refractivity contribution is 5.12. The average Bonchev–Trinajstić information content (AvgIpc) is 2.98. The van der Waals surface area contributed by atoms with Crippen molar-refractivity contribution in [2.45, 2.75) is 58.9 Å². The van der Waals surface area contributed by atoms with E-state index in [0.29, 0.717) is 12.0 Å². The largest absolute Gasteiger partial charge is 0.464 e. The lowest BCUT2D eigenvalue weighted by atomic mass is 9.74. The van der Waals surface area contributed by atoms with Crippen LogP contribution in [0.1, 0.15) is 64.0 Å². The highest BCUT2D eigenvalue weighted by atomic mass is 16.3. The summed E-state index contributed by atoms with van der Waals surface area (Å²) in [4.78, 5) is 2.52. The Morgan fingerprint density at radius 1 is 1.20 bits per heavy atom. The van der Waals surface area contributed by atoms with E-state index in [4.69, 9.17) is 10.2 Å². The molecule has 1 aliphatic rings. The standard InChI is InChI=1S/C17H30N2O/c1-4-14-7-8-16(20-14)15(13-18)19-11-9-17(5-2,6-3)10-12-19/h7-8,15H,4-6,9-13,18H2,1-3H3. The zero-order valence-corrected chi connectivity index (χ0v) is 13.3. The minimum atomic E-state index is 0.252. The van der Waals surface area contributed by atoms with Gasteiger partial charge in [0.1, 0.15) is 11.5 Å². The van der Waals surface area contributed by atoms with E-state index < -0.39 is 0 Å². The first kappa shape index (κ1) is 15.6. The van der Waals surface area contributed by atoms with Crippen molar-refractivity contribution in [2.75, 3.05) is 19.6 Å². The lowest BCUT2D eigenvalue weighted by Crippen LogP contribution is -2.43. The van der Waals surface area contributed by atoms with Crippen LogP contribution in [0.4, 0.5) is 0 Å². The van der Waals surface area contributed by atoms with Gasteiger partial charge >= 0.3 is 0 Å². The summed E-state index contributed by atoms with van der Waals surface area (Å²) in [5.74, 6) is 2.11. The molecule has 2 N–H and O–H groups in total. The van der Waals surface area contributed by atoms with Crippen LogP contribution < -0.4 is 5.73 Å². The van der Waals surface area contributed by atoms with Crippen LogP contribution in [0.2, 0.25) is 0 Å². The van der Waals surface area contributed by atoms with E-state index >= 15 is 0 Å². The summed E-state index contributed by atoms with van der Waals surface area (Å²) in [7, 11) is 0. The molecule has 0 aliphatic carbocycles. The van der Waals surface area contributed by atoms with Gasteiger partial charge in [-0.2, -0.15) is 0 Å². The predicted octanol–water partition coefficient (Wildman–Crippen LogP) is 3.74. The highest BCUT2D eigenvalue weighted by Gasteiger charge is 2.34. The summed E-state index contributed by atoms with van der Waals surface area (Å²) < 4.78 is 5.92. The maximum Gasteiger partial charge on any atom is 0.122 e. The topological polar surface area (TPSA) is 42.4 Å². The molecule has 114 valence electrons. The SMILES string of the molecule is CCc1ccc(C(CN)N2CCC(CC)(CC)CC2)o1. The molecule has 0 saturated carbocycles. The fourth-order valence-corrected chi connectivity index (χ4v) is 3.48. The van der Waals surface area contributed by atoms with E-state index in [1.165, 1.54) is 25.7 Å². The lowest BCUT2D eigenvalue weighted by Gasteiger charge is -2.43. The van der Waals surface area contributed by atoms with Gasteiger partial charge in [0.15, 0.2) is 0 Å². The smallest absolute Gasteiger partial charge is 0.122 e. The Labute approximate surface area is 123 Å². The molecular weight excluding hydrogens is 248 g/mol. The molecule has 1 aliphatic heterocycles. The first-order valence-electron chi connectivity index (χ1n) is 8.20. The van der Waals surface area contributed by atoms with Crippen molar-refractivity contribution in [1.29, 1.82) is 0 Å². The number of aryl methyl sites for hydroxylation is 1.